The Balaban J connectivity index is 2.81. The molecule has 0 amide bonds. The largest absolute Gasteiger partial charge is 0.367 e. The maximum atomic E-state index is 10.7. The summed E-state index contributed by atoms with van der Waals surface area (Å²) in [5.74, 6) is 0. The zero-order chi connectivity index (χ0) is 12.3. The van der Waals surface area contributed by atoms with E-state index in [0.29, 0.717) is 5.69 Å². The van der Waals surface area contributed by atoms with Crippen molar-refractivity contribution in [1.82, 2.24) is 0 Å². The average Bonchev–Trinajstić information content (AvgIpc) is 2.17. The normalized spacial score (nSPS) is 13.1. The van der Waals surface area contributed by atoms with Gasteiger partial charge in [0.25, 0.3) is 15.8 Å². The first-order chi connectivity index (χ1) is 7.30. The van der Waals surface area contributed by atoms with Crippen LogP contribution in [0, 0.1) is 10.1 Å². The standard InChI is InChI=1S/C8H10N2O5S/c1-6(16(13,14)15)9-7-2-4-8(5-3-7)10(11)12/h2-6,9H,1H3,(H,13,14,15)/t6-/m1/s1. The van der Waals surface area contributed by atoms with Gasteiger partial charge in [-0.05, 0) is 19.1 Å². The molecule has 0 spiro atoms. The summed E-state index contributed by atoms with van der Waals surface area (Å²) in [5, 5.41) is 11.7. The Bertz CT molecular complexity index is 482. The predicted molar refractivity (Wildman–Crippen MR) is 57.7 cm³/mol. The molecule has 0 unspecified atom stereocenters. The van der Waals surface area contributed by atoms with E-state index < -0.39 is 20.4 Å². The van der Waals surface area contributed by atoms with Gasteiger partial charge >= 0.3 is 0 Å². The smallest absolute Gasteiger partial charge is 0.285 e. The molecule has 0 bridgehead atoms. The fourth-order valence-corrected chi connectivity index (χ4v) is 1.27. The van der Waals surface area contributed by atoms with E-state index in [-0.39, 0.29) is 5.69 Å². The van der Waals surface area contributed by atoms with Crippen molar-refractivity contribution in [2.45, 2.75) is 12.3 Å². The summed E-state index contributed by atoms with van der Waals surface area (Å²) in [5.41, 5.74) is 0.279. The van der Waals surface area contributed by atoms with Crippen molar-refractivity contribution in [1.29, 1.82) is 0 Å². The van der Waals surface area contributed by atoms with Gasteiger partial charge in [-0.15, -0.1) is 0 Å². The summed E-state index contributed by atoms with van der Waals surface area (Å²) < 4.78 is 30.1. The van der Waals surface area contributed by atoms with Crippen LogP contribution >= 0.6 is 0 Å². The highest BCUT2D eigenvalue weighted by Crippen LogP contribution is 2.16. The van der Waals surface area contributed by atoms with Gasteiger partial charge in [0.05, 0.1) is 4.92 Å². The number of anilines is 1. The molecule has 1 atom stereocenters. The van der Waals surface area contributed by atoms with Crippen LogP contribution in [0.25, 0.3) is 0 Å². The fourth-order valence-electron chi connectivity index (χ4n) is 0.989. The van der Waals surface area contributed by atoms with Crippen LogP contribution in [0.1, 0.15) is 6.92 Å². The van der Waals surface area contributed by atoms with Gasteiger partial charge in [-0.2, -0.15) is 8.42 Å². The van der Waals surface area contributed by atoms with Crippen LogP contribution in [0.4, 0.5) is 11.4 Å². The second-order valence-electron chi connectivity index (χ2n) is 3.11. The topological polar surface area (TPSA) is 110 Å². The van der Waals surface area contributed by atoms with Crippen LogP contribution in [-0.4, -0.2) is 23.3 Å². The maximum Gasteiger partial charge on any atom is 0.285 e. The van der Waals surface area contributed by atoms with E-state index in [1.807, 2.05) is 0 Å². The minimum atomic E-state index is -4.17. The molecule has 1 aromatic carbocycles. The SMILES string of the molecule is C[C@H](Nc1ccc([N+](=O)[O-])cc1)S(=O)(=O)O. The zero-order valence-electron chi connectivity index (χ0n) is 8.32. The lowest BCUT2D eigenvalue weighted by Gasteiger charge is -2.11. The number of nitro groups is 1. The highest BCUT2D eigenvalue weighted by molar-refractivity contribution is 7.86. The van der Waals surface area contributed by atoms with Crippen LogP contribution in [0.2, 0.25) is 0 Å². The monoisotopic (exact) mass is 246 g/mol. The molecule has 1 aromatic rings. The Morgan fingerprint density at radius 2 is 1.88 bits per heavy atom. The highest BCUT2D eigenvalue weighted by Gasteiger charge is 2.16. The van der Waals surface area contributed by atoms with E-state index in [0.717, 1.165) is 0 Å². The number of nitrogens with one attached hydrogen (secondary N) is 1. The van der Waals surface area contributed by atoms with Crippen molar-refractivity contribution in [3.63, 3.8) is 0 Å². The highest BCUT2D eigenvalue weighted by atomic mass is 32.2. The molecule has 16 heavy (non-hydrogen) atoms. The number of rotatable bonds is 4. The number of hydrogen-bond acceptors (Lipinski definition) is 5. The third-order valence-electron chi connectivity index (χ3n) is 1.89. The first-order valence-electron chi connectivity index (χ1n) is 4.28. The Kier molecular flexibility index (Phi) is 3.45. The molecule has 0 fully saturated rings. The summed E-state index contributed by atoms with van der Waals surface area (Å²) in [6.45, 7) is 1.26. The molecule has 0 aliphatic carbocycles. The van der Waals surface area contributed by atoms with E-state index in [9.17, 15) is 18.5 Å². The molecule has 2 N–H and O–H groups in total. The predicted octanol–water partition coefficient (Wildman–Crippen LogP) is 1.24. The first-order valence-corrected chi connectivity index (χ1v) is 5.78. The second-order valence-corrected chi connectivity index (χ2v) is 4.84. The molecule has 0 heterocycles. The van der Waals surface area contributed by atoms with Crippen LogP contribution < -0.4 is 5.32 Å². The van der Waals surface area contributed by atoms with Crippen molar-refractivity contribution in [2.75, 3.05) is 5.32 Å². The van der Waals surface area contributed by atoms with Crippen molar-refractivity contribution in [2.24, 2.45) is 0 Å². The van der Waals surface area contributed by atoms with Crippen molar-refractivity contribution in [3.8, 4) is 0 Å². The van der Waals surface area contributed by atoms with Gasteiger partial charge < -0.3 is 5.32 Å². The van der Waals surface area contributed by atoms with Gasteiger partial charge in [0.15, 0.2) is 5.37 Å². The molecule has 8 heteroatoms. The Labute approximate surface area is 92.0 Å². The third kappa shape index (κ3) is 3.17. The molecule has 7 nitrogen and oxygen atoms in total. The van der Waals surface area contributed by atoms with Gasteiger partial charge in [-0.1, -0.05) is 0 Å². The summed E-state index contributed by atoms with van der Waals surface area (Å²) in [7, 11) is -4.17. The Hall–Kier alpha value is -1.67. The molecule has 0 aliphatic heterocycles. The van der Waals surface area contributed by atoms with Crippen molar-refractivity contribution < 1.29 is 17.9 Å². The number of benzene rings is 1. The van der Waals surface area contributed by atoms with Crippen LogP contribution in [0.15, 0.2) is 24.3 Å². The average molecular weight is 246 g/mol. The molecule has 0 saturated carbocycles. The van der Waals surface area contributed by atoms with E-state index in [1.165, 1.54) is 31.2 Å². The Morgan fingerprint density at radius 1 is 1.38 bits per heavy atom. The minimum absolute atomic E-state index is 0.0925. The lowest BCUT2D eigenvalue weighted by Crippen LogP contribution is -2.25. The quantitative estimate of drug-likeness (QED) is 0.470. The molecule has 0 aromatic heterocycles. The zero-order valence-corrected chi connectivity index (χ0v) is 9.14. The lowest BCUT2D eigenvalue weighted by molar-refractivity contribution is -0.384. The van der Waals surface area contributed by atoms with Crippen LogP contribution in [0.3, 0.4) is 0 Å². The first kappa shape index (κ1) is 12.4. The van der Waals surface area contributed by atoms with Gasteiger partial charge in [0.1, 0.15) is 0 Å². The number of nitro benzene ring substituents is 1. The summed E-state index contributed by atoms with van der Waals surface area (Å²) in [6, 6.07) is 5.19. The number of hydrogen-bond donors (Lipinski definition) is 2. The lowest BCUT2D eigenvalue weighted by atomic mass is 10.3. The fraction of sp³-hybridized carbons (Fsp3) is 0.250. The maximum absolute atomic E-state index is 10.7. The third-order valence-corrected chi connectivity index (χ3v) is 2.91. The van der Waals surface area contributed by atoms with Gasteiger partial charge in [0, 0.05) is 17.8 Å². The van der Waals surface area contributed by atoms with E-state index in [4.69, 9.17) is 4.55 Å². The van der Waals surface area contributed by atoms with Crippen molar-refractivity contribution >= 4 is 21.5 Å². The molecular weight excluding hydrogens is 236 g/mol. The summed E-state index contributed by atoms with van der Waals surface area (Å²) in [4.78, 5) is 9.78. The van der Waals surface area contributed by atoms with Gasteiger partial charge in [0.2, 0.25) is 0 Å². The molecule has 1 rings (SSSR count). The second kappa shape index (κ2) is 4.45. The van der Waals surface area contributed by atoms with Gasteiger partial charge in [-0.3, -0.25) is 14.7 Å². The number of nitrogens with zero attached hydrogens (tertiary/aromatic N) is 1. The minimum Gasteiger partial charge on any atom is -0.367 e. The summed E-state index contributed by atoms with van der Waals surface area (Å²) >= 11 is 0. The van der Waals surface area contributed by atoms with Gasteiger partial charge in [-0.25, -0.2) is 0 Å². The Morgan fingerprint density at radius 3 is 2.25 bits per heavy atom. The number of non-ortho nitro benzene ring substituents is 1. The molecular formula is C8H10N2O5S. The van der Waals surface area contributed by atoms with E-state index in [1.54, 1.807) is 0 Å². The molecule has 0 radical (unpaired) electrons. The summed E-state index contributed by atoms with van der Waals surface area (Å²) in [6.07, 6.45) is 0. The van der Waals surface area contributed by atoms with Crippen LogP contribution in [0.5, 0.6) is 0 Å². The molecule has 0 saturated heterocycles. The van der Waals surface area contributed by atoms with Crippen molar-refractivity contribution in [3.05, 3.63) is 34.4 Å². The van der Waals surface area contributed by atoms with E-state index >= 15 is 0 Å². The van der Waals surface area contributed by atoms with E-state index in [2.05, 4.69) is 5.32 Å². The molecule has 0 aliphatic rings. The molecule has 88 valence electrons. The van der Waals surface area contributed by atoms with Crippen LogP contribution in [-0.2, 0) is 10.1 Å².